The van der Waals surface area contributed by atoms with Crippen LogP contribution in [0, 0.1) is 11.8 Å². The third-order valence-corrected chi connectivity index (χ3v) is 9.70. The van der Waals surface area contributed by atoms with Gasteiger partial charge in [0.15, 0.2) is 12.1 Å². The minimum atomic E-state index is -0.123. The minimum absolute atomic E-state index is 0.123. The maximum absolute atomic E-state index is 6.73. The van der Waals surface area contributed by atoms with Gasteiger partial charge in [0.25, 0.3) is 0 Å². The van der Waals surface area contributed by atoms with Crippen molar-refractivity contribution in [2.75, 3.05) is 4.90 Å². The fraction of sp³-hybridized carbons (Fsp3) is 0.179. The summed E-state index contributed by atoms with van der Waals surface area (Å²) in [4.78, 5) is 20.9. The first-order valence-electron chi connectivity index (χ1n) is 15.9. The molecule has 1 N–H and O–H groups in total. The Bertz CT molecular complexity index is 1920. The van der Waals surface area contributed by atoms with Gasteiger partial charge in [-0.2, -0.15) is 0 Å². The Kier molecular flexibility index (Phi) is 6.47. The summed E-state index contributed by atoms with van der Waals surface area (Å²) < 4.78 is 6.73. The summed E-state index contributed by atoms with van der Waals surface area (Å²) in [5, 5.41) is 3.71. The maximum atomic E-state index is 6.73. The Morgan fingerprint density at radius 3 is 2.13 bits per heavy atom. The van der Waals surface area contributed by atoms with E-state index >= 15 is 0 Å². The molecule has 1 fully saturated rings. The Balaban J connectivity index is 1.05. The monoisotopic (exact) mass is 600 g/mol. The maximum Gasteiger partial charge on any atom is 0.195 e. The van der Waals surface area contributed by atoms with E-state index in [1.807, 2.05) is 24.3 Å². The van der Waals surface area contributed by atoms with Gasteiger partial charge < -0.3 is 15.0 Å². The van der Waals surface area contributed by atoms with Gasteiger partial charge in [-0.05, 0) is 55.3 Å². The van der Waals surface area contributed by atoms with Crippen molar-refractivity contribution in [1.29, 1.82) is 0 Å². The molecule has 0 saturated carbocycles. The number of ether oxygens (including phenoxy) is 1. The Labute approximate surface area is 268 Å². The van der Waals surface area contributed by atoms with Crippen molar-refractivity contribution >= 4 is 5.69 Å². The summed E-state index contributed by atoms with van der Waals surface area (Å²) in [5.74, 6) is 2.46. The smallest absolute Gasteiger partial charge is 0.195 e. The lowest BCUT2D eigenvalue weighted by atomic mass is 9.79. The second-order valence-electron chi connectivity index (χ2n) is 12.3. The van der Waals surface area contributed by atoms with Gasteiger partial charge in [-0.25, -0.2) is 9.97 Å². The van der Waals surface area contributed by atoms with Crippen LogP contribution in [0.15, 0.2) is 145 Å². The molecule has 0 radical (unpaired) electrons. The van der Waals surface area contributed by atoms with E-state index in [1.54, 1.807) is 24.8 Å². The number of pyridine rings is 2. The number of nitrogens with one attached hydrogen (secondary N) is 1. The van der Waals surface area contributed by atoms with Crippen LogP contribution in [-0.4, -0.2) is 32.0 Å². The van der Waals surface area contributed by atoms with E-state index in [0.29, 0.717) is 23.7 Å². The van der Waals surface area contributed by atoms with Crippen molar-refractivity contribution in [3.8, 4) is 33.9 Å². The molecule has 1 saturated heterocycles. The summed E-state index contributed by atoms with van der Waals surface area (Å²) in [6.07, 6.45) is 18.2. The fourth-order valence-corrected chi connectivity index (χ4v) is 7.61. The number of benzene rings is 2. The molecule has 4 aliphatic rings. The summed E-state index contributed by atoms with van der Waals surface area (Å²) in [7, 11) is 0. The molecule has 0 spiro atoms. The van der Waals surface area contributed by atoms with Crippen LogP contribution in [0.25, 0.3) is 33.9 Å². The molecule has 7 nitrogen and oxygen atoms in total. The van der Waals surface area contributed by atoms with Gasteiger partial charge in [0.05, 0.1) is 23.1 Å². The average molecular weight is 601 g/mol. The van der Waals surface area contributed by atoms with Crippen molar-refractivity contribution in [3.63, 3.8) is 0 Å². The van der Waals surface area contributed by atoms with Gasteiger partial charge in [0.1, 0.15) is 5.76 Å². The summed E-state index contributed by atoms with van der Waals surface area (Å²) in [6, 6.07) is 29.9. The molecular formula is C39H32N6O. The summed E-state index contributed by atoms with van der Waals surface area (Å²) in [6.45, 7) is 0. The number of hydrogen-bond acceptors (Lipinski definition) is 7. The zero-order valence-corrected chi connectivity index (χ0v) is 25.1. The first-order valence-corrected chi connectivity index (χ1v) is 15.9. The number of aromatic nitrogens is 4. The Hall–Kier alpha value is -5.56. The molecule has 46 heavy (non-hydrogen) atoms. The lowest BCUT2D eigenvalue weighted by molar-refractivity contribution is 0.0989. The molecule has 9 rings (SSSR count). The van der Waals surface area contributed by atoms with Crippen LogP contribution in [0.3, 0.4) is 0 Å². The number of allylic oxidation sites excluding steroid dienone is 3. The molecule has 2 aliphatic heterocycles. The average Bonchev–Trinajstić information content (AvgIpc) is 3.72. The van der Waals surface area contributed by atoms with Gasteiger partial charge in [-0.15, -0.1) is 0 Å². The van der Waals surface area contributed by atoms with E-state index in [1.165, 1.54) is 16.9 Å². The zero-order chi connectivity index (χ0) is 30.5. The molecular weight excluding hydrogens is 568 g/mol. The standard InChI is InChI=1S/C39H32N6O/c1-2-6-28(7-3-1)39-44-31-14-15-35-36(37(31)46-39)30-8-4-5-9-34(30)45(35)29-12-10-25(11-13-29)32-24-33(26-16-20-40-21-17-26)43-38(42-32)27-18-22-41-23-19-27/h1-13,16-24,30,34-36,39,44H,14-15H2. The van der Waals surface area contributed by atoms with E-state index in [4.69, 9.17) is 14.7 Å². The molecule has 2 aliphatic carbocycles. The second-order valence-corrected chi connectivity index (χ2v) is 12.3. The van der Waals surface area contributed by atoms with E-state index in [-0.39, 0.29) is 12.3 Å². The van der Waals surface area contributed by atoms with Crippen molar-refractivity contribution in [1.82, 2.24) is 25.3 Å². The molecule has 3 aromatic heterocycles. The molecule has 5 unspecified atom stereocenters. The topological polar surface area (TPSA) is 76.1 Å². The number of hydrogen-bond donors (Lipinski definition) is 1. The van der Waals surface area contributed by atoms with Crippen LogP contribution in [0.1, 0.15) is 24.6 Å². The van der Waals surface area contributed by atoms with E-state index in [2.05, 4.69) is 105 Å². The molecule has 5 aromatic rings. The predicted octanol–water partition coefficient (Wildman–Crippen LogP) is 7.51. The normalized spacial score (nSPS) is 24.2. The van der Waals surface area contributed by atoms with Gasteiger partial charge >= 0.3 is 0 Å². The lowest BCUT2D eigenvalue weighted by Crippen LogP contribution is -2.39. The fourth-order valence-electron chi connectivity index (χ4n) is 7.61. The minimum Gasteiger partial charge on any atom is -0.469 e. The van der Waals surface area contributed by atoms with Gasteiger partial charge in [0.2, 0.25) is 0 Å². The molecule has 2 aromatic carbocycles. The van der Waals surface area contributed by atoms with Crippen LogP contribution in [0.2, 0.25) is 0 Å². The van der Waals surface area contributed by atoms with Crippen LogP contribution >= 0.6 is 0 Å². The highest BCUT2D eigenvalue weighted by molar-refractivity contribution is 5.72. The van der Waals surface area contributed by atoms with E-state index < -0.39 is 0 Å². The zero-order valence-electron chi connectivity index (χ0n) is 25.1. The van der Waals surface area contributed by atoms with Gasteiger partial charge in [-0.3, -0.25) is 9.97 Å². The molecule has 224 valence electrons. The van der Waals surface area contributed by atoms with Crippen molar-refractivity contribution in [2.24, 2.45) is 11.8 Å². The second kappa shape index (κ2) is 11.1. The van der Waals surface area contributed by atoms with Crippen molar-refractivity contribution in [3.05, 3.63) is 151 Å². The van der Waals surface area contributed by atoms with Crippen LogP contribution in [0.4, 0.5) is 5.69 Å². The summed E-state index contributed by atoms with van der Waals surface area (Å²) in [5.41, 5.74) is 8.37. The molecule has 0 bridgehead atoms. The molecule has 5 heterocycles. The SMILES string of the molecule is C1=CC2C3C4=C(CCC3N(c3ccc(-c5cc(-c6ccncc6)nc(-c6ccncc6)n5)cc3)C2C=C1)NC(c1ccccc1)O4. The number of anilines is 1. The van der Waals surface area contributed by atoms with Gasteiger partial charge in [-0.1, -0.05) is 66.8 Å². The lowest BCUT2D eigenvalue weighted by Gasteiger charge is -2.35. The highest BCUT2D eigenvalue weighted by Gasteiger charge is 2.53. The van der Waals surface area contributed by atoms with E-state index in [9.17, 15) is 0 Å². The van der Waals surface area contributed by atoms with Crippen molar-refractivity contribution in [2.45, 2.75) is 31.2 Å². The quantitative estimate of drug-likeness (QED) is 0.224. The highest BCUT2D eigenvalue weighted by Crippen LogP contribution is 2.52. The number of rotatable bonds is 5. The molecule has 5 atom stereocenters. The third-order valence-electron chi connectivity index (χ3n) is 9.70. The highest BCUT2D eigenvalue weighted by atomic mass is 16.5. The van der Waals surface area contributed by atoms with Gasteiger partial charge in [0, 0.05) is 70.6 Å². The Morgan fingerprint density at radius 1 is 0.717 bits per heavy atom. The molecule has 7 heteroatoms. The number of nitrogens with zero attached hydrogens (tertiary/aromatic N) is 5. The van der Waals surface area contributed by atoms with Crippen molar-refractivity contribution < 1.29 is 4.74 Å². The van der Waals surface area contributed by atoms with Crippen LogP contribution < -0.4 is 10.2 Å². The molecule has 0 amide bonds. The third kappa shape index (κ3) is 4.58. The number of fused-ring (bicyclic) bond motifs is 4. The summed E-state index contributed by atoms with van der Waals surface area (Å²) >= 11 is 0. The Morgan fingerprint density at radius 2 is 1.39 bits per heavy atom. The van der Waals surface area contributed by atoms with E-state index in [0.717, 1.165) is 46.7 Å². The first kappa shape index (κ1) is 26.8. The first-order chi connectivity index (χ1) is 22.8. The largest absolute Gasteiger partial charge is 0.469 e. The van der Waals surface area contributed by atoms with Crippen LogP contribution in [0.5, 0.6) is 0 Å². The predicted molar refractivity (Wildman–Crippen MR) is 179 cm³/mol. The van der Waals surface area contributed by atoms with Crippen LogP contribution in [-0.2, 0) is 4.74 Å².